The van der Waals surface area contributed by atoms with Crippen molar-refractivity contribution in [3.05, 3.63) is 88.3 Å². The van der Waals surface area contributed by atoms with Crippen LogP contribution in [0.25, 0.3) is 10.9 Å². The number of rotatable bonds is 0. The van der Waals surface area contributed by atoms with E-state index in [2.05, 4.69) is 35.1 Å². The van der Waals surface area contributed by atoms with Gasteiger partial charge in [-0.05, 0) is 49.6 Å². The Morgan fingerprint density at radius 1 is 0.902 bits per heavy atom. The first-order chi connectivity index (χ1) is 24.6. The van der Waals surface area contributed by atoms with Crippen LogP contribution in [-0.4, -0.2) is 106 Å². The van der Waals surface area contributed by atoms with Crippen LogP contribution >= 0.6 is 0 Å². The number of Topliss-reactive ketones (excluding diaryl/α,β-unsaturated/α-hetero) is 2. The Hall–Kier alpha value is -4.33. The maximum atomic E-state index is 13.7. The Kier molecular flexibility index (Phi) is 5.92. The molecule has 2 aromatic carbocycles. The second kappa shape index (κ2) is 9.96. The van der Waals surface area contributed by atoms with Crippen molar-refractivity contribution in [3.63, 3.8) is 0 Å². The standard InChI is InChI=1S/C20H20O8.C19H17N3O/c1-4-7-8-9(13(23)16-15(27-16)12(8)22)19(26-4)20-6(3-25-5(2)10(7)20)11(21)14-17(28-14)18(20)24;1-21-16-9-5-3-7-14(16)19(23)22-11-10-13-12-6-2-4-8-15(12)20-17(13)18(21)22/h3-5,7,10-11,13-17,19,21,23H,1-2H3;2-9,18,20H,10-11H2,1H3/t4-,5-,7?,10+,11-,13-,14?,15-,16?,17+,19-,20+;18-/m00/s1. The third kappa shape index (κ3) is 3.59. The van der Waals surface area contributed by atoms with Crippen LogP contribution in [0, 0.1) is 17.3 Å². The largest absolute Gasteiger partial charge is 0.498 e. The molecule has 13 rings (SSSR count). The molecule has 1 saturated carbocycles. The topological polar surface area (TPSA) is 157 Å². The lowest BCUT2D eigenvalue weighted by molar-refractivity contribution is -0.210. The first-order valence-corrected chi connectivity index (χ1v) is 17.9. The molecule has 51 heavy (non-hydrogen) atoms. The monoisotopic (exact) mass is 691 g/mol. The minimum atomic E-state index is -1.19. The number of ether oxygens (including phenoxy) is 4. The molecule has 262 valence electrons. The maximum absolute atomic E-state index is 13.7. The average Bonchev–Trinajstić information content (AvgIpc) is 4.07. The van der Waals surface area contributed by atoms with E-state index in [1.807, 2.05) is 49.1 Å². The molecular formula is C39H37N3O9. The summed E-state index contributed by atoms with van der Waals surface area (Å²) < 4.78 is 23.1. The molecule has 1 aromatic heterocycles. The number of H-pyrrole nitrogens is 1. The van der Waals surface area contributed by atoms with Gasteiger partial charge in [0.2, 0.25) is 0 Å². The van der Waals surface area contributed by atoms with E-state index >= 15 is 0 Å². The number of fused-ring (bicyclic) bond motifs is 9. The van der Waals surface area contributed by atoms with Crippen LogP contribution in [0.1, 0.15) is 41.6 Å². The van der Waals surface area contributed by atoms with Crippen molar-refractivity contribution >= 4 is 34.1 Å². The van der Waals surface area contributed by atoms with E-state index in [4.69, 9.17) is 18.9 Å². The third-order valence-corrected chi connectivity index (χ3v) is 13.1. The lowest BCUT2D eigenvalue weighted by Gasteiger charge is -2.63. The summed E-state index contributed by atoms with van der Waals surface area (Å²) >= 11 is 0. The molecule has 13 atom stereocenters. The molecule has 12 heteroatoms. The fourth-order valence-electron chi connectivity index (χ4n) is 10.9. The van der Waals surface area contributed by atoms with Gasteiger partial charge < -0.3 is 43.9 Å². The quantitative estimate of drug-likeness (QED) is 0.299. The molecule has 1 spiro atoms. The molecule has 3 unspecified atom stereocenters. The number of amides is 1. The Morgan fingerprint density at radius 2 is 1.65 bits per heavy atom. The second-order valence-electron chi connectivity index (χ2n) is 15.4. The summed E-state index contributed by atoms with van der Waals surface area (Å²) in [6.45, 7) is 4.53. The molecule has 2 bridgehead atoms. The highest BCUT2D eigenvalue weighted by Gasteiger charge is 2.79. The number of aliphatic hydroxyl groups excluding tert-OH is 2. The zero-order valence-corrected chi connectivity index (χ0v) is 28.2. The number of carbonyl (C=O) groups excluding carboxylic acids is 3. The molecule has 10 aliphatic rings. The first-order valence-electron chi connectivity index (χ1n) is 17.9. The van der Waals surface area contributed by atoms with Gasteiger partial charge in [-0.3, -0.25) is 14.4 Å². The van der Waals surface area contributed by atoms with Crippen molar-refractivity contribution in [2.24, 2.45) is 17.3 Å². The van der Waals surface area contributed by atoms with E-state index in [1.165, 1.54) is 17.2 Å². The molecule has 1 amide bonds. The van der Waals surface area contributed by atoms with Crippen LogP contribution in [0.4, 0.5) is 5.69 Å². The Bertz CT molecular complexity index is 2170. The van der Waals surface area contributed by atoms with Gasteiger partial charge in [0, 0.05) is 47.5 Å². The van der Waals surface area contributed by atoms with Crippen molar-refractivity contribution in [2.45, 2.75) is 81.4 Å². The van der Waals surface area contributed by atoms with E-state index in [9.17, 15) is 24.6 Å². The van der Waals surface area contributed by atoms with Crippen LogP contribution in [0.5, 0.6) is 0 Å². The number of nitrogens with one attached hydrogen (secondary N) is 1. The van der Waals surface area contributed by atoms with E-state index in [0.717, 1.165) is 35.4 Å². The van der Waals surface area contributed by atoms with E-state index < -0.39 is 54.1 Å². The molecule has 3 N–H and O–H groups in total. The van der Waals surface area contributed by atoms with Gasteiger partial charge in [-0.15, -0.1) is 0 Å². The SMILES string of the molecule is CN1c2ccccc2C(=O)N2CCc3c([nH]c4ccccc34)[C@H]21.C[C@@H]1O[C@H]2C3=C(C(=O)[C@@H]4OC4[C@H]3O)C1[C@H]1[C@H](C)OC=C3[C@H](O)C4O[C@H]4C(=O)[C@]321. The summed E-state index contributed by atoms with van der Waals surface area (Å²) in [7, 11) is 2.07. The van der Waals surface area contributed by atoms with Gasteiger partial charge in [0.25, 0.3) is 5.91 Å². The van der Waals surface area contributed by atoms with Crippen molar-refractivity contribution in [2.75, 3.05) is 18.5 Å². The molecule has 0 radical (unpaired) electrons. The molecule has 3 aliphatic carbocycles. The smallest absolute Gasteiger partial charge is 0.257 e. The first kappa shape index (κ1) is 30.3. The number of aromatic amines is 1. The molecule has 8 heterocycles. The predicted octanol–water partition coefficient (Wildman–Crippen LogP) is 2.34. The Balaban J connectivity index is 0.000000124. The fourth-order valence-corrected chi connectivity index (χ4v) is 10.9. The number of aromatic nitrogens is 1. The molecular weight excluding hydrogens is 654 g/mol. The zero-order chi connectivity index (χ0) is 34.8. The highest BCUT2D eigenvalue weighted by atomic mass is 16.6. The molecule has 4 fully saturated rings. The lowest BCUT2D eigenvalue weighted by Crippen LogP contribution is -2.72. The number of aliphatic hydroxyl groups is 2. The third-order valence-electron chi connectivity index (χ3n) is 13.1. The van der Waals surface area contributed by atoms with E-state index in [-0.39, 0.29) is 41.8 Å². The second-order valence-corrected chi connectivity index (χ2v) is 15.4. The van der Waals surface area contributed by atoms with Crippen molar-refractivity contribution in [1.29, 1.82) is 0 Å². The van der Waals surface area contributed by atoms with Crippen LogP contribution in [0.3, 0.4) is 0 Å². The van der Waals surface area contributed by atoms with Crippen molar-refractivity contribution in [1.82, 2.24) is 9.88 Å². The van der Waals surface area contributed by atoms with Gasteiger partial charge in [0.15, 0.2) is 11.6 Å². The number of nitrogens with zero attached hydrogens (tertiary/aromatic N) is 2. The number of para-hydroxylation sites is 2. The van der Waals surface area contributed by atoms with E-state index in [0.29, 0.717) is 16.7 Å². The summed E-state index contributed by atoms with van der Waals surface area (Å²) in [4.78, 5) is 47.4. The normalized spacial score (nSPS) is 41.7. The number of hydrogen-bond acceptors (Lipinski definition) is 10. The summed E-state index contributed by atoms with van der Waals surface area (Å²) in [6, 6.07) is 16.3. The van der Waals surface area contributed by atoms with Gasteiger partial charge in [0.1, 0.15) is 42.8 Å². The molecule has 3 aromatic rings. The lowest BCUT2D eigenvalue weighted by atomic mass is 9.45. The maximum Gasteiger partial charge on any atom is 0.257 e. The van der Waals surface area contributed by atoms with Crippen LogP contribution in [0.15, 0.2) is 71.5 Å². The molecule has 3 saturated heterocycles. The predicted molar refractivity (Wildman–Crippen MR) is 179 cm³/mol. The summed E-state index contributed by atoms with van der Waals surface area (Å²) in [5, 5.41) is 23.1. The van der Waals surface area contributed by atoms with Gasteiger partial charge >= 0.3 is 0 Å². The van der Waals surface area contributed by atoms with Crippen LogP contribution < -0.4 is 4.90 Å². The number of benzene rings is 2. The Morgan fingerprint density at radius 3 is 2.49 bits per heavy atom. The number of anilines is 1. The van der Waals surface area contributed by atoms with Gasteiger partial charge in [-0.1, -0.05) is 30.3 Å². The number of carbonyl (C=O) groups is 3. The minimum absolute atomic E-state index is 0.0476. The number of epoxide rings is 2. The zero-order valence-electron chi connectivity index (χ0n) is 28.2. The highest BCUT2D eigenvalue weighted by molar-refractivity contribution is 6.06. The van der Waals surface area contributed by atoms with Gasteiger partial charge in [-0.25, -0.2) is 0 Å². The van der Waals surface area contributed by atoms with Crippen LogP contribution in [-0.2, 0) is 35.0 Å². The summed E-state index contributed by atoms with van der Waals surface area (Å²) in [5.41, 5.74) is 5.73. The molecule has 7 aliphatic heterocycles. The van der Waals surface area contributed by atoms with E-state index in [1.54, 1.807) is 0 Å². The highest BCUT2D eigenvalue weighted by Crippen LogP contribution is 2.67. The summed E-state index contributed by atoms with van der Waals surface area (Å²) in [6.07, 6.45) is -3.54. The van der Waals surface area contributed by atoms with Gasteiger partial charge in [0.05, 0.1) is 46.9 Å². The number of hydrogen-bond donors (Lipinski definition) is 3. The van der Waals surface area contributed by atoms with Crippen molar-refractivity contribution in [3.8, 4) is 0 Å². The van der Waals surface area contributed by atoms with Crippen LogP contribution in [0.2, 0.25) is 0 Å². The van der Waals surface area contributed by atoms with Crippen molar-refractivity contribution < 1.29 is 43.5 Å². The summed E-state index contributed by atoms with van der Waals surface area (Å²) in [5.74, 6) is -0.914. The number of ketones is 2. The van der Waals surface area contributed by atoms with Gasteiger partial charge in [-0.2, -0.15) is 0 Å². The minimum Gasteiger partial charge on any atom is -0.498 e. The molecule has 12 nitrogen and oxygen atoms in total. The average molecular weight is 692 g/mol. The Labute approximate surface area is 292 Å². The fraction of sp³-hybridized carbons (Fsp3) is 0.462.